The van der Waals surface area contributed by atoms with Gasteiger partial charge in [0, 0.05) is 25.2 Å². The van der Waals surface area contributed by atoms with Crippen LogP contribution in [0.5, 0.6) is 0 Å². The van der Waals surface area contributed by atoms with Crippen molar-refractivity contribution in [2.75, 3.05) is 7.11 Å². The molecule has 24 heavy (non-hydrogen) atoms. The number of Topliss-reactive ketones (excluding diaryl/α,β-unsaturated/α-hetero) is 1. The Morgan fingerprint density at radius 3 is 2.62 bits per heavy atom. The molecule has 1 fully saturated rings. The van der Waals surface area contributed by atoms with Crippen molar-refractivity contribution in [3.63, 3.8) is 0 Å². The van der Waals surface area contributed by atoms with Gasteiger partial charge in [-0.3, -0.25) is 9.59 Å². The summed E-state index contributed by atoms with van der Waals surface area (Å²) in [6, 6.07) is 0. The molecule has 0 heterocycles. The summed E-state index contributed by atoms with van der Waals surface area (Å²) < 4.78 is 4.64. The Kier molecular flexibility index (Phi) is 11.2. The fraction of sp³-hybridized carbons (Fsp3) is 0.714. The van der Waals surface area contributed by atoms with Gasteiger partial charge in [0.05, 0.1) is 7.11 Å². The molecule has 0 N–H and O–H groups in total. The van der Waals surface area contributed by atoms with Crippen LogP contribution in [0.15, 0.2) is 23.8 Å². The molecule has 3 heteroatoms. The first kappa shape index (κ1) is 20.7. The number of methoxy groups -OCH3 is 1. The topological polar surface area (TPSA) is 43.4 Å². The molecule has 0 radical (unpaired) electrons. The minimum Gasteiger partial charge on any atom is -0.469 e. The number of carbonyl (C=O) groups excluding carboxylic acids is 2. The Morgan fingerprint density at radius 1 is 1.12 bits per heavy atom. The minimum atomic E-state index is -0.126. The molecule has 1 saturated carbocycles. The summed E-state index contributed by atoms with van der Waals surface area (Å²) in [4.78, 5) is 22.8. The monoisotopic (exact) mass is 334 g/mol. The Morgan fingerprint density at radius 2 is 1.88 bits per heavy atom. The van der Waals surface area contributed by atoms with E-state index in [-0.39, 0.29) is 5.97 Å². The predicted molar refractivity (Wildman–Crippen MR) is 98.8 cm³/mol. The maximum absolute atomic E-state index is 11.8. The lowest BCUT2D eigenvalue weighted by atomic mass is 9.99. The highest BCUT2D eigenvalue weighted by Gasteiger charge is 2.24. The van der Waals surface area contributed by atoms with E-state index in [2.05, 4.69) is 29.9 Å². The standard InChI is InChI=1S/C21H34O3/c1-3-4-5-6-7-10-13-18-16-20(22)17-19(18)14-11-8-9-12-15-21(23)24-2/h10,13-14,18H,3-9,11-12,15-17H2,1-2H3. The summed E-state index contributed by atoms with van der Waals surface area (Å²) in [7, 11) is 1.43. The van der Waals surface area contributed by atoms with Gasteiger partial charge in [0.25, 0.3) is 0 Å². The van der Waals surface area contributed by atoms with Gasteiger partial charge < -0.3 is 4.74 Å². The molecule has 0 aliphatic heterocycles. The lowest BCUT2D eigenvalue weighted by molar-refractivity contribution is -0.140. The second kappa shape index (κ2) is 13.0. The molecule has 1 rings (SSSR count). The minimum absolute atomic E-state index is 0.126. The first-order valence-electron chi connectivity index (χ1n) is 9.61. The van der Waals surface area contributed by atoms with Crippen molar-refractivity contribution in [2.24, 2.45) is 5.92 Å². The molecule has 0 aromatic rings. The van der Waals surface area contributed by atoms with E-state index < -0.39 is 0 Å². The smallest absolute Gasteiger partial charge is 0.305 e. The second-order valence-electron chi connectivity index (χ2n) is 6.76. The summed E-state index contributed by atoms with van der Waals surface area (Å²) in [5.74, 6) is 0.574. The zero-order valence-electron chi connectivity index (χ0n) is 15.5. The molecule has 1 unspecified atom stereocenters. The van der Waals surface area contributed by atoms with E-state index in [0.29, 0.717) is 31.0 Å². The number of carbonyl (C=O) groups is 2. The number of ether oxygens (including phenoxy) is 1. The van der Waals surface area contributed by atoms with Crippen LogP contribution in [0.25, 0.3) is 0 Å². The fourth-order valence-electron chi connectivity index (χ4n) is 3.15. The van der Waals surface area contributed by atoms with Gasteiger partial charge in [-0.15, -0.1) is 0 Å². The van der Waals surface area contributed by atoms with Gasteiger partial charge in [-0.05, 0) is 32.1 Å². The van der Waals surface area contributed by atoms with Crippen LogP contribution in [0.2, 0.25) is 0 Å². The summed E-state index contributed by atoms with van der Waals surface area (Å²) in [6.45, 7) is 2.23. The first-order chi connectivity index (χ1) is 11.7. The highest BCUT2D eigenvalue weighted by molar-refractivity contribution is 5.85. The van der Waals surface area contributed by atoms with Crippen molar-refractivity contribution in [2.45, 2.75) is 84.0 Å². The maximum Gasteiger partial charge on any atom is 0.305 e. The Labute approximate surface area is 147 Å². The van der Waals surface area contributed by atoms with Crippen molar-refractivity contribution >= 4 is 11.8 Å². The number of esters is 1. The van der Waals surface area contributed by atoms with Gasteiger partial charge in [-0.2, -0.15) is 0 Å². The van der Waals surface area contributed by atoms with Gasteiger partial charge in [0.15, 0.2) is 0 Å². The third-order valence-corrected chi connectivity index (χ3v) is 4.64. The Balaban J connectivity index is 2.26. The van der Waals surface area contributed by atoms with E-state index in [0.717, 1.165) is 32.1 Å². The fourth-order valence-corrected chi connectivity index (χ4v) is 3.15. The van der Waals surface area contributed by atoms with E-state index in [1.54, 1.807) is 0 Å². The summed E-state index contributed by atoms with van der Waals surface area (Å²) in [5, 5.41) is 0. The molecular weight excluding hydrogens is 300 g/mol. The molecule has 136 valence electrons. The number of allylic oxidation sites excluding steroid dienone is 4. The lowest BCUT2D eigenvalue weighted by Crippen LogP contribution is -1.99. The van der Waals surface area contributed by atoms with E-state index in [4.69, 9.17) is 0 Å². The average molecular weight is 335 g/mol. The predicted octanol–water partition coefficient (Wildman–Crippen LogP) is 5.54. The zero-order valence-corrected chi connectivity index (χ0v) is 15.5. The SMILES string of the molecule is CCCCCCC=CC1CC(=O)CC1=CCCCCCC(=O)OC. The van der Waals surface area contributed by atoms with E-state index in [9.17, 15) is 9.59 Å². The van der Waals surface area contributed by atoms with Crippen LogP contribution in [-0.4, -0.2) is 18.9 Å². The number of hydrogen-bond donors (Lipinski definition) is 0. The van der Waals surface area contributed by atoms with Gasteiger partial charge in [0.1, 0.15) is 5.78 Å². The van der Waals surface area contributed by atoms with Gasteiger partial charge in [0.2, 0.25) is 0 Å². The van der Waals surface area contributed by atoms with Crippen LogP contribution in [0, 0.1) is 5.92 Å². The average Bonchev–Trinajstić information content (AvgIpc) is 2.93. The molecule has 1 atom stereocenters. The summed E-state index contributed by atoms with van der Waals surface area (Å²) in [5.41, 5.74) is 1.30. The lowest BCUT2D eigenvalue weighted by Gasteiger charge is -2.06. The van der Waals surface area contributed by atoms with Gasteiger partial charge in [-0.25, -0.2) is 0 Å². The van der Waals surface area contributed by atoms with Crippen LogP contribution >= 0.6 is 0 Å². The van der Waals surface area contributed by atoms with E-state index in [1.165, 1.54) is 38.4 Å². The first-order valence-corrected chi connectivity index (χ1v) is 9.61. The summed E-state index contributed by atoms with van der Waals surface area (Å²) in [6.07, 6.45) is 18.9. The summed E-state index contributed by atoms with van der Waals surface area (Å²) >= 11 is 0. The second-order valence-corrected chi connectivity index (χ2v) is 6.76. The highest BCUT2D eigenvalue weighted by Crippen LogP contribution is 2.30. The third-order valence-electron chi connectivity index (χ3n) is 4.64. The Hall–Kier alpha value is -1.38. The van der Waals surface area contributed by atoms with Crippen LogP contribution in [0.4, 0.5) is 0 Å². The molecule has 0 spiro atoms. The number of ketones is 1. The number of unbranched alkanes of at least 4 members (excludes halogenated alkanes) is 7. The van der Waals surface area contributed by atoms with Crippen molar-refractivity contribution in [3.05, 3.63) is 23.8 Å². The van der Waals surface area contributed by atoms with Crippen molar-refractivity contribution in [1.29, 1.82) is 0 Å². The zero-order chi connectivity index (χ0) is 17.6. The third kappa shape index (κ3) is 9.05. The molecule has 1 aliphatic carbocycles. The molecule has 0 aromatic carbocycles. The molecule has 1 aliphatic rings. The molecule has 0 saturated heterocycles. The maximum atomic E-state index is 11.8. The molecule has 0 aromatic heterocycles. The highest BCUT2D eigenvalue weighted by atomic mass is 16.5. The largest absolute Gasteiger partial charge is 0.469 e. The quantitative estimate of drug-likeness (QED) is 0.267. The van der Waals surface area contributed by atoms with Crippen molar-refractivity contribution < 1.29 is 14.3 Å². The van der Waals surface area contributed by atoms with Crippen molar-refractivity contribution in [3.8, 4) is 0 Å². The van der Waals surface area contributed by atoms with E-state index >= 15 is 0 Å². The van der Waals surface area contributed by atoms with Crippen molar-refractivity contribution in [1.82, 2.24) is 0 Å². The van der Waals surface area contributed by atoms with E-state index in [1.807, 2.05) is 0 Å². The number of hydrogen-bond acceptors (Lipinski definition) is 3. The van der Waals surface area contributed by atoms with Crippen LogP contribution in [0.3, 0.4) is 0 Å². The van der Waals surface area contributed by atoms with Gasteiger partial charge in [-0.1, -0.05) is 56.4 Å². The molecule has 0 bridgehead atoms. The van der Waals surface area contributed by atoms with Gasteiger partial charge >= 0.3 is 5.97 Å². The van der Waals surface area contributed by atoms with Crippen LogP contribution < -0.4 is 0 Å². The van der Waals surface area contributed by atoms with Crippen LogP contribution in [0.1, 0.15) is 84.0 Å². The van der Waals surface area contributed by atoms with Crippen LogP contribution in [-0.2, 0) is 14.3 Å². The normalized spacial score (nSPS) is 19.5. The Bertz CT molecular complexity index is 434. The molecular formula is C21H34O3. The molecule has 3 nitrogen and oxygen atoms in total. The molecule has 0 amide bonds. The number of rotatable bonds is 12.